The lowest BCUT2D eigenvalue weighted by Gasteiger charge is -2.33. The smallest absolute Gasteiger partial charge is 0.246 e. The molecule has 1 N–H and O–H groups in total. The molecule has 1 aromatic rings. The standard InChI is InChI=1S/C13H18N2O2S/c1-9-5-6-15(8-12(9)16)13(17)4-3-11-7-14-10(2)18-11/h3-4,7,9,12,16H,5-6,8H2,1-2H3/b4-3+. The SMILES string of the molecule is Cc1ncc(/C=C/C(=O)N2CCC(C)C(O)C2)s1. The molecule has 1 fully saturated rings. The fourth-order valence-corrected chi connectivity index (χ4v) is 2.65. The number of nitrogens with zero attached hydrogens (tertiary/aromatic N) is 2. The summed E-state index contributed by atoms with van der Waals surface area (Å²) in [7, 11) is 0. The highest BCUT2D eigenvalue weighted by atomic mass is 32.1. The largest absolute Gasteiger partial charge is 0.391 e. The molecule has 4 nitrogen and oxygen atoms in total. The normalized spacial score (nSPS) is 24.7. The molecule has 1 aliphatic rings. The molecular formula is C13H18N2O2S. The summed E-state index contributed by atoms with van der Waals surface area (Å²) in [6.45, 7) is 5.11. The van der Waals surface area contributed by atoms with Gasteiger partial charge in [0.25, 0.3) is 0 Å². The number of aryl methyl sites for hydroxylation is 1. The van der Waals surface area contributed by atoms with E-state index < -0.39 is 6.10 Å². The number of aliphatic hydroxyl groups is 1. The zero-order valence-corrected chi connectivity index (χ0v) is 11.5. The van der Waals surface area contributed by atoms with Crippen LogP contribution in [0.15, 0.2) is 12.3 Å². The van der Waals surface area contributed by atoms with Gasteiger partial charge in [-0.1, -0.05) is 6.92 Å². The van der Waals surface area contributed by atoms with E-state index >= 15 is 0 Å². The molecule has 2 atom stereocenters. The molecule has 18 heavy (non-hydrogen) atoms. The van der Waals surface area contributed by atoms with Crippen molar-refractivity contribution in [2.24, 2.45) is 5.92 Å². The number of aliphatic hydroxyl groups excluding tert-OH is 1. The van der Waals surface area contributed by atoms with Crippen LogP contribution in [0.3, 0.4) is 0 Å². The summed E-state index contributed by atoms with van der Waals surface area (Å²) in [6, 6.07) is 0. The van der Waals surface area contributed by atoms with Gasteiger partial charge in [-0.3, -0.25) is 4.79 Å². The quantitative estimate of drug-likeness (QED) is 0.829. The van der Waals surface area contributed by atoms with Crippen molar-refractivity contribution in [1.29, 1.82) is 0 Å². The molecule has 1 aliphatic heterocycles. The number of piperidine rings is 1. The van der Waals surface area contributed by atoms with Gasteiger partial charge >= 0.3 is 0 Å². The summed E-state index contributed by atoms with van der Waals surface area (Å²) in [4.78, 5) is 18.8. The van der Waals surface area contributed by atoms with Crippen molar-refractivity contribution < 1.29 is 9.90 Å². The maximum Gasteiger partial charge on any atom is 0.246 e. The molecule has 5 heteroatoms. The van der Waals surface area contributed by atoms with Crippen LogP contribution in [0, 0.1) is 12.8 Å². The van der Waals surface area contributed by atoms with E-state index in [2.05, 4.69) is 4.98 Å². The van der Waals surface area contributed by atoms with Crippen LogP contribution >= 0.6 is 11.3 Å². The van der Waals surface area contributed by atoms with E-state index in [0.29, 0.717) is 6.54 Å². The highest BCUT2D eigenvalue weighted by molar-refractivity contribution is 7.12. The minimum absolute atomic E-state index is 0.0352. The Bertz CT molecular complexity index is 456. The van der Waals surface area contributed by atoms with Crippen LogP contribution in [-0.4, -0.2) is 40.1 Å². The molecule has 0 aromatic carbocycles. The van der Waals surface area contributed by atoms with E-state index in [1.54, 1.807) is 34.6 Å². The fourth-order valence-electron chi connectivity index (χ4n) is 1.96. The third kappa shape index (κ3) is 3.17. The zero-order valence-electron chi connectivity index (χ0n) is 10.7. The first-order valence-electron chi connectivity index (χ1n) is 6.13. The number of carbonyl (C=O) groups excluding carboxylic acids is 1. The van der Waals surface area contributed by atoms with E-state index in [4.69, 9.17) is 0 Å². The Labute approximate surface area is 111 Å². The molecular weight excluding hydrogens is 248 g/mol. The zero-order chi connectivity index (χ0) is 13.1. The van der Waals surface area contributed by atoms with Gasteiger partial charge in [-0.15, -0.1) is 11.3 Å². The minimum atomic E-state index is -0.401. The number of likely N-dealkylation sites (tertiary alicyclic amines) is 1. The molecule has 0 aliphatic carbocycles. The Morgan fingerprint density at radius 1 is 1.67 bits per heavy atom. The first-order chi connectivity index (χ1) is 8.56. The number of rotatable bonds is 2. The highest BCUT2D eigenvalue weighted by Crippen LogP contribution is 2.18. The molecule has 2 heterocycles. The molecule has 2 rings (SSSR count). The summed E-state index contributed by atoms with van der Waals surface area (Å²) < 4.78 is 0. The topological polar surface area (TPSA) is 53.4 Å². The van der Waals surface area contributed by atoms with Crippen molar-refractivity contribution in [1.82, 2.24) is 9.88 Å². The molecule has 0 spiro atoms. The van der Waals surface area contributed by atoms with Crippen molar-refractivity contribution >= 4 is 23.3 Å². The number of β-amino-alcohol motifs (C(OH)–C–C–N with tert-alkyl or cyclic N) is 1. The highest BCUT2D eigenvalue weighted by Gasteiger charge is 2.26. The van der Waals surface area contributed by atoms with Crippen molar-refractivity contribution in [3.05, 3.63) is 22.2 Å². The maximum absolute atomic E-state index is 11.9. The summed E-state index contributed by atoms with van der Waals surface area (Å²) in [5, 5.41) is 10.7. The van der Waals surface area contributed by atoms with Gasteiger partial charge in [0.1, 0.15) is 0 Å². The van der Waals surface area contributed by atoms with Gasteiger partial charge in [0.2, 0.25) is 5.91 Å². The predicted octanol–water partition coefficient (Wildman–Crippen LogP) is 1.69. The monoisotopic (exact) mass is 266 g/mol. The van der Waals surface area contributed by atoms with Gasteiger partial charge in [-0.2, -0.15) is 0 Å². The van der Waals surface area contributed by atoms with E-state index in [9.17, 15) is 9.90 Å². The molecule has 98 valence electrons. The van der Waals surface area contributed by atoms with Gasteiger partial charge < -0.3 is 10.0 Å². The van der Waals surface area contributed by atoms with Crippen molar-refractivity contribution in [2.45, 2.75) is 26.4 Å². The summed E-state index contributed by atoms with van der Waals surface area (Å²) in [5.41, 5.74) is 0. The molecule has 2 unspecified atom stereocenters. The number of carbonyl (C=O) groups is 1. The Balaban J connectivity index is 1.94. The molecule has 1 aromatic heterocycles. The molecule has 1 amide bonds. The lowest BCUT2D eigenvalue weighted by atomic mass is 9.96. The van der Waals surface area contributed by atoms with Gasteiger partial charge in [0.05, 0.1) is 11.1 Å². The Hall–Kier alpha value is -1.20. The van der Waals surface area contributed by atoms with Crippen LogP contribution in [0.2, 0.25) is 0 Å². The Morgan fingerprint density at radius 2 is 2.44 bits per heavy atom. The first-order valence-corrected chi connectivity index (χ1v) is 6.95. The minimum Gasteiger partial charge on any atom is -0.391 e. The Kier molecular flexibility index (Phi) is 4.14. The van der Waals surface area contributed by atoms with Crippen LogP contribution in [0.4, 0.5) is 0 Å². The second kappa shape index (κ2) is 5.63. The van der Waals surface area contributed by atoms with Crippen molar-refractivity contribution in [3.63, 3.8) is 0 Å². The van der Waals surface area contributed by atoms with E-state index in [0.717, 1.165) is 22.9 Å². The van der Waals surface area contributed by atoms with Gasteiger partial charge in [-0.25, -0.2) is 4.98 Å². The van der Waals surface area contributed by atoms with E-state index in [1.165, 1.54) is 0 Å². The van der Waals surface area contributed by atoms with Gasteiger partial charge in [0, 0.05) is 30.2 Å². The number of amides is 1. The number of thiazole rings is 1. The van der Waals surface area contributed by atoms with Gasteiger partial charge in [0.15, 0.2) is 0 Å². The van der Waals surface area contributed by atoms with Crippen LogP contribution in [0.25, 0.3) is 6.08 Å². The fraction of sp³-hybridized carbons (Fsp3) is 0.538. The van der Waals surface area contributed by atoms with Crippen LogP contribution in [0.5, 0.6) is 0 Å². The van der Waals surface area contributed by atoms with Crippen molar-refractivity contribution in [2.75, 3.05) is 13.1 Å². The molecule has 0 radical (unpaired) electrons. The number of hydrogen-bond donors (Lipinski definition) is 1. The van der Waals surface area contributed by atoms with Gasteiger partial charge in [-0.05, 0) is 25.3 Å². The van der Waals surface area contributed by atoms with Crippen LogP contribution < -0.4 is 0 Å². The number of hydrogen-bond acceptors (Lipinski definition) is 4. The first kappa shape index (κ1) is 13.2. The van der Waals surface area contributed by atoms with Crippen LogP contribution in [0.1, 0.15) is 23.2 Å². The molecule has 1 saturated heterocycles. The lowest BCUT2D eigenvalue weighted by molar-refractivity contribution is -0.130. The average molecular weight is 266 g/mol. The maximum atomic E-state index is 11.9. The Morgan fingerprint density at radius 3 is 3.06 bits per heavy atom. The molecule has 0 saturated carbocycles. The second-order valence-corrected chi connectivity index (χ2v) is 6.00. The summed E-state index contributed by atoms with van der Waals surface area (Å²) >= 11 is 1.56. The van der Waals surface area contributed by atoms with E-state index in [1.807, 2.05) is 13.8 Å². The average Bonchev–Trinajstić information content (AvgIpc) is 2.75. The van der Waals surface area contributed by atoms with Crippen LogP contribution in [-0.2, 0) is 4.79 Å². The third-order valence-electron chi connectivity index (χ3n) is 3.26. The lowest BCUT2D eigenvalue weighted by Crippen LogP contribution is -2.45. The number of aromatic nitrogens is 1. The second-order valence-electron chi connectivity index (χ2n) is 4.73. The summed E-state index contributed by atoms with van der Waals surface area (Å²) in [5.74, 6) is 0.245. The third-order valence-corrected chi connectivity index (χ3v) is 4.14. The van der Waals surface area contributed by atoms with E-state index in [-0.39, 0.29) is 11.8 Å². The predicted molar refractivity (Wildman–Crippen MR) is 72.3 cm³/mol. The molecule has 0 bridgehead atoms. The van der Waals surface area contributed by atoms with Crippen molar-refractivity contribution in [3.8, 4) is 0 Å². The summed E-state index contributed by atoms with van der Waals surface area (Å²) in [6.07, 6.45) is 5.58.